The van der Waals surface area contributed by atoms with Crippen molar-refractivity contribution in [3.8, 4) is 0 Å². The summed E-state index contributed by atoms with van der Waals surface area (Å²) in [7, 11) is -1.67. The monoisotopic (exact) mass is 563 g/mol. The van der Waals surface area contributed by atoms with Crippen molar-refractivity contribution in [3.63, 3.8) is 0 Å². The van der Waals surface area contributed by atoms with E-state index >= 15 is 0 Å². The van der Waals surface area contributed by atoms with Crippen LogP contribution in [0.1, 0.15) is 34.3 Å². The topological polar surface area (TPSA) is 29.5 Å². The molecular formula is C38H30NO2P. The van der Waals surface area contributed by atoms with E-state index in [1.165, 1.54) is 22.3 Å². The van der Waals surface area contributed by atoms with Gasteiger partial charge in [0.05, 0.1) is 12.1 Å². The van der Waals surface area contributed by atoms with E-state index in [2.05, 4.69) is 150 Å². The van der Waals surface area contributed by atoms with Gasteiger partial charge in [-0.2, -0.15) is 4.67 Å². The average Bonchev–Trinajstić information content (AvgIpc) is 3.23. The molecule has 0 saturated carbocycles. The van der Waals surface area contributed by atoms with Gasteiger partial charge in [-0.05, 0) is 34.4 Å². The van der Waals surface area contributed by atoms with E-state index < -0.39 is 8.16 Å². The second-order valence-corrected chi connectivity index (χ2v) is 11.5. The summed E-state index contributed by atoms with van der Waals surface area (Å²) >= 11 is 0. The van der Waals surface area contributed by atoms with Crippen molar-refractivity contribution in [1.29, 1.82) is 0 Å². The molecule has 0 aliphatic carbocycles. The second-order valence-electron chi connectivity index (χ2n) is 10.2. The van der Waals surface area contributed by atoms with Gasteiger partial charge < -0.3 is 8.39 Å². The fraction of sp³-hybridized carbons (Fsp3) is 0.0526. The van der Waals surface area contributed by atoms with Crippen LogP contribution < -0.4 is 4.67 Å². The number of fused-ring (bicyclic) bond motifs is 3. The average molecular weight is 564 g/mol. The number of hydrogen-bond donors (Lipinski definition) is 0. The van der Waals surface area contributed by atoms with Crippen molar-refractivity contribution in [2.75, 3.05) is 4.67 Å². The number of rotatable bonds is 7. The second kappa shape index (κ2) is 12.0. The van der Waals surface area contributed by atoms with Crippen LogP contribution in [-0.4, -0.2) is 0 Å². The van der Waals surface area contributed by atoms with Crippen LogP contribution in [0.4, 0.5) is 0 Å². The van der Waals surface area contributed by atoms with E-state index in [-0.39, 0.29) is 12.1 Å². The molecule has 0 fully saturated rings. The molecule has 0 bridgehead atoms. The maximum Gasteiger partial charge on any atom is 0.311 e. The molecule has 1 aromatic heterocycles. The van der Waals surface area contributed by atoms with Gasteiger partial charge >= 0.3 is 8.16 Å². The molecular weight excluding hydrogens is 533 g/mol. The standard InChI is InChI=1S/C38H30NO2P/c1-5-17-29(18-6-1)37(30-19-7-2-8-20-30)39(38(31-21-9-3-10-22-31)32-23-11-4-12-24-32)42-40-35-27-15-13-25-33(35)34-26-14-16-28-36(34)41-42/h1-28,37-38H. The van der Waals surface area contributed by atoms with Crippen LogP contribution in [0.2, 0.25) is 0 Å². The van der Waals surface area contributed by atoms with Crippen molar-refractivity contribution in [3.05, 3.63) is 192 Å². The zero-order valence-electron chi connectivity index (χ0n) is 23.0. The Balaban J connectivity index is 1.61. The summed E-state index contributed by atoms with van der Waals surface area (Å²) in [6.07, 6.45) is 0. The molecule has 0 radical (unpaired) electrons. The fourth-order valence-electron chi connectivity index (χ4n) is 5.69. The minimum absolute atomic E-state index is 0.165. The molecule has 0 aliphatic rings. The van der Waals surface area contributed by atoms with E-state index in [9.17, 15) is 0 Å². The Morgan fingerprint density at radius 3 is 0.976 bits per heavy atom. The van der Waals surface area contributed by atoms with Crippen LogP contribution in [0, 0.1) is 0 Å². The van der Waals surface area contributed by atoms with Crippen molar-refractivity contribution in [2.45, 2.75) is 12.1 Å². The zero-order chi connectivity index (χ0) is 28.1. The van der Waals surface area contributed by atoms with Crippen molar-refractivity contribution in [2.24, 2.45) is 0 Å². The lowest BCUT2D eigenvalue weighted by Crippen LogP contribution is -2.32. The first kappa shape index (κ1) is 26.1. The molecule has 0 amide bonds. The largest absolute Gasteiger partial charge is 0.408 e. The molecule has 4 heteroatoms. The van der Waals surface area contributed by atoms with Crippen molar-refractivity contribution in [1.82, 2.24) is 0 Å². The van der Waals surface area contributed by atoms with Gasteiger partial charge in [0.15, 0.2) is 0 Å². The summed E-state index contributed by atoms with van der Waals surface area (Å²) < 4.78 is 16.5. The zero-order valence-corrected chi connectivity index (χ0v) is 23.9. The lowest BCUT2D eigenvalue weighted by atomic mass is 9.93. The number of benzene rings is 6. The Hall–Kier alpha value is -4.82. The highest BCUT2D eigenvalue weighted by Gasteiger charge is 2.36. The van der Waals surface area contributed by atoms with Gasteiger partial charge in [-0.1, -0.05) is 158 Å². The smallest absolute Gasteiger partial charge is 0.311 e. The van der Waals surface area contributed by atoms with Crippen molar-refractivity contribution < 1.29 is 8.39 Å². The lowest BCUT2D eigenvalue weighted by molar-refractivity contribution is 0.581. The van der Waals surface area contributed by atoms with E-state index in [1.807, 2.05) is 24.3 Å². The Kier molecular flexibility index (Phi) is 7.43. The summed E-state index contributed by atoms with van der Waals surface area (Å²) in [6, 6.07) is 58.9. The van der Waals surface area contributed by atoms with Crippen LogP contribution in [-0.2, 0) is 0 Å². The highest BCUT2D eigenvalue weighted by Crippen LogP contribution is 2.50. The highest BCUT2D eigenvalue weighted by atomic mass is 31.1. The molecule has 0 spiro atoms. The molecule has 0 aliphatic heterocycles. The van der Waals surface area contributed by atoms with Gasteiger partial charge in [-0.15, -0.1) is 0 Å². The molecule has 0 saturated heterocycles. The third-order valence-electron chi connectivity index (χ3n) is 7.60. The predicted octanol–water partition coefficient (Wildman–Crippen LogP) is 10.8. The summed E-state index contributed by atoms with van der Waals surface area (Å²) in [6.45, 7) is 0. The Morgan fingerprint density at radius 2 is 0.643 bits per heavy atom. The maximum atomic E-state index is 7.02. The van der Waals surface area contributed by atoms with Crippen LogP contribution in [0.15, 0.2) is 178 Å². The number of hydrogen-bond acceptors (Lipinski definition) is 3. The molecule has 6 aromatic carbocycles. The van der Waals surface area contributed by atoms with Gasteiger partial charge in [-0.3, -0.25) is 0 Å². The summed E-state index contributed by atoms with van der Waals surface area (Å²) in [5, 5.41) is 2.06. The molecule has 42 heavy (non-hydrogen) atoms. The first-order chi connectivity index (χ1) is 20.9. The van der Waals surface area contributed by atoms with Crippen LogP contribution in [0.5, 0.6) is 0 Å². The van der Waals surface area contributed by atoms with E-state index in [1.54, 1.807) is 0 Å². The third-order valence-corrected chi connectivity index (χ3v) is 9.14. The van der Waals surface area contributed by atoms with Crippen LogP contribution in [0.3, 0.4) is 0 Å². The fourth-order valence-corrected chi connectivity index (χ4v) is 7.48. The van der Waals surface area contributed by atoms with Crippen LogP contribution >= 0.6 is 8.16 Å². The molecule has 7 aromatic rings. The molecule has 0 N–H and O–H groups in total. The quantitative estimate of drug-likeness (QED) is 0.193. The third kappa shape index (κ3) is 5.17. The molecule has 1 heterocycles. The van der Waals surface area contributed by atoms with Crippen molar-refractivity contribution >= 4 is 30.1 Å². The molecule has 7 rings (SSSR count). The van der Waals surface area contributed by atoms with Gasteiger partial charge in [0.25, 0.3) is 0 Å². The number of para-hydroxylation sites is 2. The van der Waals surface area contributed by atoms with E-state index in [0.717, 1.165) is 21.9 Å². The SMILES string of the molecule is c1ccc(C(c2ccccc2)N(C(c2ccccc2)c2ccccc2)p2oc3ccccc3c3ccccc3o2)cc1. The van der Waals surface area contributed by atoms with Gasteiger partial charge in [0.1, 0.15) is 11.2 Å². The predicted molar refractivity (Wildman–Crippen MR) is 174 cm³/mol. The van der Waals surface area contributed by atoms with E-state index in [0.29, 0.717) is 0 Å². The Bertz CT molecular complexity index is 1720. The molecule has 0 unspecified atom stereocenters. The minimum Gasteiger partial charge on any atom is -0.408 e. The summed E-state index contributed by atoms with van der Waals surface area (Å²) in [4.78, 5) is 0. The first-order valence-electron chi connectivity index (χ1n) is 14.2. The number of nitrogens with zero attached hydrogens (tertiary/aromatic N) is 1. The first-order valence-corrected chi connectivity index (χ1v) is 15.3. The minimum atomic E-state index is -1.67. The molecule has 3 nitrogen and oxygen atoms in total. The Labute approximate surface area is 246 Å². The normalized spacial score (nSPS) is 11.5. The summed E-state index contributed by atoms with van der Waals surface area (Å²) in [5.41, 5.74) is 6.31. The van der Waals surface area contributed by atoms with Crippen LogP contribution in [0.25, 0.3) is 21.9 Å². The molecule has 0 atom stereocenters. The molecule has 204 valence electrons. The van der Waals surface area contributed by atoms with E-state index in [4.69, 9.17) is 8.39 Å². The highest BCUT2D eigenvalue weighted by molar-refractivity contribution is 7.39. The maximum absolute atomic E-state index is 7.02. The van der Waals surface area contributed by atoms with Gasteiger partial charge in [0, 0.05) is 10.8 Å². The van der Waals surface area contributed by atoms with Gasteiger partial charge in [0.2, 0.25) is 0 Å². The lowest BCUT2D eigenvalue weighted by Gasteiger charge is -2.36. The Morgan fingerprint density at radius 1 is 0.357 bits per heavy atom. The van der Waals surface area contributed by atoms with Gasteiger partial charge in [-0.25, -0.2) is 0 Å². The summed E-state index contributed by atoms with van der Waals surface area (Å²) in [5.74, 6) is 0.